The maximum Gasteiger partial charge on any atom is 0.239 e. The summed E-state index contributed by atoms with van der Waals surface area (Å²) >= 11 is 1.59. The minimum Gasteiger partial charge on any atom is -0.358 e. The standard InChI is InChI=1S/C11H17N5OS/c1-12-6-8-10(15(3)7-9(17)13-2)14-11-16(8)4-5-18-11/h4-5,12H,6-7H2,1-3H3,(H,13,17). The zero-order valence-corrected chi connectivity index (χ0v) is 11.5. The number of rotatable bonds is 5. The van der Waals surface area contributed by atoms with E-state index in [1.54, 1.807) is 18.4 Å². The number of aromatic nitrogens is 2. The summed E-state index contributed by atoms with van der Waals surface area (Å²) in [7, 11) is 5.41. The average Bonchev–Trinajstić information content (AvgIpc) is 2.91. The largest absolute Gasteiger partial charge is 0.358 e. The van der Waals surface area contributed by atoms with Gasteiger partial charge in [0.25, 0.3) is 0 Å². The lowest BCUT2D eigenvalue weighted by atomic mass is 10.3. The molecule has 1 amide bonds. The number of thiazole rings is 1. The van der Waals surface area contributed by atoms with E-state index in [-0.39, 0.29) is 5.91 Å². The van der Waals surface area contributed by atoms with Crippen LogP contribution in [-0.2, 0) is 11.3 Å². The molecule has 0 saturated carbocycles. The Labute approximate surface area is 110 Å². The lowest BCUT2D eigenvalue weighted by molar-refractivity contribution is -0.119. The van der Waals surface area contributed by atoms with Crippen LogP contribution in [-0.4, -0.2) is 43.0 Å². The van der Waals surface area contributed by atoms with Gasteiger partial charge in [0.1, 0.15) is 0 Å². The van der Waals surface area contributed by atoms with E-state index in [0.29, 0.717) is 13.1 Å². The molecule has 2 aromatic heterocycles. The van der Waals surface area contributed by atoms with Crippen molar-refractivity contribution in [3.63, 3.8) is 0 Å². The Morgan fingerprint density at radius 1 is 1.56 bits per heavy atom. The van der Waals surface area contributed by atoms with Gasteiger partial charge in [-0.05, 0) is 7.05 Å². The van der Waals surface area contributed by atoms with E-state index in [2.05, 4.69) is 20.0 Å². The molecule has 0 aliphatic heterocycles. The van der Waals surface area contributed by atoms with Gasteiger partial charge in [-0.25, -0.2) is 4.98 Å². The van der Waals surface area contributed by atoms with Crippen LogP contribution in [0.5, 0.6) is 0 Å². The highest BCUT2D eigenvalue weighted by Gasteiger charge is 2.17. The van der Waals surface area contributed by atoms with Crippen molar-refractivity contribution >= 4 is 28.0 Å². The van der Waals surface area contributed by atoms with E-state index < -0.39 is 0 Å². The Hall–Kier alpha value is -1.60. The van der Waals surface area contributed by atoms with E-state index in [0.717, 1.165) is 16.5 Å². The second-order valence-electron chi connectivity index (χ2n) is 4.00. The van der Waals surface area contributed by atoms with Crippen molar-refractivity contribution in [3.8, 4) is 0 Å². The molecule has 0 spiro atoms. The number of carbonyl (C=O) groups excluding carboxylic acids is 1. The van der Waals surface area contributed by atoms with E-state index >= 15 is 0 Å². The molecule has 6 nitrogen and oxygen atoms in total. The second kappa shape index (κ2) is 5.36. The molecular weight excluding hydrogens is 250 g/mol. The number of hydrogen-bond donors (Lipinski definition) is 2. The fraction of sp³-hybridized carbons (Fsp3) is 0.455. The molecule has 7 heteroatoms. The van der Waals surface area contributed by atoms with Gasteiger partial charge in [0.2, 0.25) is 5.91 Å². The zero-order valence-electron chi connectivity index (χ0n) is 10.7. The molecule has 2 heterocycles. The van der Waals surface area contributed by atoms with Crippen molar-refractivity contribution in [3.05, 3.63) is 17.3 Å². The van der Waals surface area contributed by atoms with E-state index in [9.17, 15) is 4.79 Å². The van der Waals surface area contributed by atoms with Crippen LogP contribution in [0, 0.1) is 0 Å². The van der Waals surface area contributed by atoms with Crippen LogP contribution >= 0.6 is 11.3 Å². The number of nitrogens with one attached hydrogen (secondary N) is 2. The van der Waals surface area contributed by atoms with Crippen molar-refractivity contribution < 1.29 is 4.79 Å². The van der Waals surface area contributed by atoms with Gasteiger partial charge in [0.05, 0.1) is 12.2 Å². The van der Waals surface area contributed by atoms with Gasteiger partial charge in [0, 0.05) is 32.2 Å². The number of hydrogen-bond acceptors (Lipinski definition) is 5. The molecule has 0 radical (unpaired) electrons. The predicted octanol–water partition coefficient (Wildman–Crippen LogP) is 0.297. The highest BCUT2D eigenvalue weighted by atomic mass is 32.1. The molecule has 2 rings (SSSR count). The van der Waals surface area contributed by atoms with Crippen LogP contribution in [0.2, 0.25) is 0 Å². The summed E-state index contributed by atoms with van der Waals surface area (Å²) in [5.41, 5.74) is 1.07. The van der Waals surface area contributed by atoms with Crippen molar-refractivity contribution in [1.29, 1.82) is 0 Å². The predicted molar refractivity (Wildman–Crippen MR) is 73.2 cm³/mol. The molecular formula is C11H17N5OS. The van der Waals surface area contributed by atoms with Crippen molar-refractivity contribution in [2.24, 2.45) is 0 Å². The van der Waals surface area contributed by atoms with Gasteiger partial charge in [-0.15, -0.1) is 11.3 Å². The molecule has 98 valence electrons. The van der Waals surface area contributed by atoms with Crippen LogP contribution in [0.15, 0.2) is 11.6 Å². The van der Waals surface area contributed by atoms with Crippen molar-refractivity contribution in [2.75, 3.05) is 32.6 Å². The fourth-order valence-corrected chi connectivity index (χ4v) is 2.56. The molecule has 0 atom stereocenters. The number of likely N-dealkylation sites (N-methyl/N-ethyl adjacent to an activating group) is 2. The minimum absolute atomic E-state index is 0.0238. The third kappa shape index (κ3) is 2.32. The first-order valence-electron chi connectivity index (χ1n) is 5.68. The smallest absolute Gasteiger partial charge is 0.239 e. The Balaban J connectivity index is 2.33. The number of amides is 1. The van der Waals surface area contributed by atoms with E-state index in [1.165, 1.54) is 0 Å². The normalized spacial score (nSPS) is 10.8. The van der Waals surface area contributed by atoms with E-state index in [1.807, 2.05) is 30.6 Å². The first kappa shape index (κ1) is 12.8. The summed E-state index contributed by atoms with van der Waals surface area (Å²) in [5, 5.41) is 7.75. The Kier molecular flexibility index (Phi) is 3.83. The second-order valence-corrected chi connectivity index (χ2v) is 4.87. The quantitative estimate of drug-likeness (QED) is 0.818. The van der Waals surface area contributed by atoms with Gasteiger partial charge < -0.3 is 15.5 Å². The highest BCUT2D eigenvalue weighted by Crippen LogP contribution is 2.23. The molecule has 0 aromatic carbocycles. The van der Waals surface area contributed by atoms with Gasteiger partial charge in [-0.1, -0.05) is 0 Å². The molecule has 0 saturated heterocycles. The Bertz CT molecular complexity index is 547. The van der Waals surface area contributed by atoms with E-state index in [4.69, 9.17) is 0 Å². The first-order valence-corrected chi connectivity index (χ1v) is 6.56. The molecule has 2 aromatic rings. The summed E-state index contributed by atoms with van der Waals surface area (Å²) < 4.78 is 2.05. The monoisotopic (exact) mass is 267 g/mol. The van der Waals surface area contributed by atoms with Crippen LogP contribution in [0.25, 0.3) is 4.96 Å². The van der Waals surface area contributed by atoms with Gasteiger partial charge >= 0.3 is 0 Å². The number of imidazole rings is 1. The topological polar surface area (TPSA) is 61.7 Å². The number of nitrogens with zero attached hydrogens (tertiary/aromatic N) is 3. The number of anilines is 1. The van der Waals surface area contributed by atoms with Crippen LogP contribution < -0.4 is 15.5 Å². The lowest BCUT2D eigenvalue weighted by Crippen LogP contribution is -2.33. The third-order valence-electron chi connectivity index (χ3n) is 2.71. The number of fused-ring (bicyclic) bond motifs is 1. The van der Waals surface area contributed by atoms with Gasteiger partial charge in [-0.2, -0.15) is 0 Å². The summed E-state index contributed by atoms with van der Waals surface area (Å²) in [6, 6.07) is 0. The molecule has 0 fully saturated rings. The summed E-state index contributed by atoms with van der Waals surface area (Å²) in [6.45, 7) is 1.02. The fourth-order valence-electron chi connectivity index (χ4n) is 1.83. The molecule has 0 aliphatic carbocycles. The van der Waals surface area contributed by atoms with Crippen molar-refractivity contribution in [1.82, 2.24) is 20.0 Å². The van der Waals surface area contributed by atoms with Crippen LogP contribution in [0.3, 0.4) is 0 Å². The molecule has 0 unspecified atom stereocenters. The maximum absolute atomic E-state index is 11.4. The number of carbonyl (C=O) groups is 1. The van der Waals surface area contributed by atoms with Gasteiger partial charge in [0.15, 0.2) is 10.8 Å². The molecule has 0 bridgehead atoms. The molecule has 2 N–H and O–H groups in total. The zero-order chi connectivity index (χ0) is 13.1. The highest BCUT2D eigenvalue weighted by molar-refractivity contribution is 7.15. The van der Waals surface area contributed by atoms with Crippen LogP contribution in [0.4, 0.5) is 5.82 Å². The maximum atomic E-state index is 11.4. The SMILES string of the molecule is CNCc1c(N(C)CC(=O)NC)nc2sccn12. The average molecular weight is 267 g/mol. The minimum atomic E-state index is -0.0238. The third-order valence-corrected chi connectivity index (χ3v) is 3.46. The summed E-state index contributed by atoms with van der Waals surface area (Å²) in [4.78, 5) is 18.8. The molecule has 18 heavy (non-hydrogen) atoms. The van der Waals surface area contributed by atoms with Crippen LogP contribution in [0.1, 0.15) is 5.69 Å². The molecule has 0 aliphatic rings. The summed E-state index contributed by atoms with van der Waals surface area (Å²) in [6.07, 6.45) is 2.00. The Morgan fingerprint density at radius 3 is 3.00 bits per heavy atom. The van der Waals surface area contributed by atoms with Crippen molar-refractivity contribution in [2.45, 2.75) is 6.54 Å². The summed E-state index contributed by atoms with van der Waals surface area (Å²) in [5.74, 6) is 0.823. The van der Waals surface area contributed by atoms with Gasteiger partial charge in [-0.3, -0.25) is 9.20 Å². The first-order chi connectivity index (χ1) is 8.67. The lowest BCUT2D eigenvalue weighted by Gasteiger charge is -2.17. The Morgan fingerprint density at radius 2 is 2.33 bits per heavy atom.